The molecule has 266 valence electrons. The first-order valence-electron chi connectivity index (χ1n) is 17.1. The second kappa shape index (κ2) is 17.9. The van der Waals surface area contributed by atoms with Crippen molar-refractivity contribution in [2.24, 2.45) is 0 Å². The fourth-order valence-corrected chi connectivity index (χ4v) is 5.39. The zero-order valence-electron chi connectivity index (χ0n) is 30.3. The first kappa shape index (κ1) is 37.6. The van der Waals surface area contributed by atoms with Crippen LogP contribution in [0.5, 0.6) is 17.5 Å². The lowest BCUT2D eigenvalue weighted by Gasteiger charge is -2.34. The van der Waals surface area contributed by atoms with E-state index in [0.29, 0.717) is 68.0 Å². The van der Waals surface area contributed by atoms with Crippen LogP contribution in [-0.4, -0.2) is 61.3 Å². The Bertz CT molecular complexity index is 1650. The SMILES string of the molecule is CC.CN(C=O)c1c(OC2CCN(C(=O)OC(C)(C)C)CC2)cccc1N(C)c1ccc(OCc2ccccc2)nc1OCc1ccccc1. The third-order valence-electron chi connectivity index (χ3n) is 7.86. The van der Waals surface area contributed by atoms with Crippen LogP contribution in [0.15, 0.2) is 91.0 Å². The number of likely N-dealkylation sites (tertiary alicyclic amines) is 1. The molecule has 3 aromatic carbocycles. The summed E-state index contributed by atoms with van der Waals surface area (Å²) >= 11 is 0. The molecule has 1 aliphatic rings. The molecule has 0 atom stereocenters. The summed E-state index contributed by atoms with van der Waals surface area (Å²) in [6.07, 6.45) is 1.57. The van der Waals surface area contributed by atoms with E-state index < -0.39 is 5.60 Å². The van der Waals surface area contributed by atoms with Crippen molar-refractivity contribution in [2.75, 3.05) is 37.0 Å². The normalized spacial score (nSPS) is 13.0. The van der Waals surface area contributed by atoms with Gasteiger partial charge in [0, 0.05) is 46.1 Å². The van der Waals surface area contributed by atoms with Crippen molar-refractivity contribution in [3.05, 3.63) is 102 Å². The number of hydrogen-bond acceptors (Lipinski definition) is 8. The van der Waals surface area contributed by atoms with E-state index in [0.717, 1.165) is 23.2 Å². The van der Waals surface area contributed by atoms with Gasteiger partial charge in [0.2, 0.25) is 18.2 Å². The number of para-hydroxylation sites is 1. The van der Waals surface area contributed by atoms with Crippen molar-refractivity contribution >= 4 is 29.6 Å². The van der Waals surface area contributed by atoms with Crippen LogP contribution in [0.4, 0.5) is 21.9 Å². The van der Waals surface area contributed by atoms with Crippen molar-refractivity contribution in [3.8, 4) is 17.5 Å². The van der Waals surface area contributed by atoms with Crippen LogP contribution in [-0.2, 0) is 22.7 Å². The van der Waals surface area contributed by atoms with Crippen molar-refractivity contribution < 1.29 is 28.5 Å². The number of ether oxygens (including phenoxy) is 4. The highest BCUT2D eigenvalue weighted by Crippen LogP contribution is 2.43. The molecule has 2 heterocycles. The molecule has 10 heteroatoms. The Hall–Kier alpha value is -5.25. The predicted molar refractivity (Wildman–Crippen MR) is 198 cm³/mol. The summed E-state index contributed by atoms with van der Waals surface area (Å²) in [5.41, 5.74) is 3.48. The standard InChI is InChI=1S/C38H44N4O6.C2H6/c1-38(2,3)48-37(44)42-23-21-30(22-24-42)47-33-18-12-17-31(35(33)40(4)27-43)41(5)32-19-20-34(45-25-28-13-8-6-9-14-28)39-36(32)46-26-29-15-10-7-11-16-29;1-2/h6-20,27,30H,21-26H2,1-5H3;1-2H3. The highest BCUT2D eigenvalue weighted by atomic mass is 16.6. The molecule has 10 nitrogen and oxygen atoms in total. The molecule has 4 aromatic rings. The number of rotatable bonds is 12. The molecule has 0 spiro atoms. The van der Waals surface area contributed by atoms with Gasteiger partial charge in [-0.15, -0.1) is 0 Å². The number of aromatic nitrogens is 1. The molecule has 1 saturated heterocycles. The monoisotopic (exact) mass is 682 g/mol. The molecule has 50 heavy (non-hydrogen) atoms. The molecule has 0 unspecified atom stereocenters. The Balaban J connectivity index is 0.00000276. The zero-order valence-corrected chi connectivity index (χ0v) is 30.3. The molecule has 1 aliphatic heterocycles. The number of amides is 2. The van der Waals surface area contributed by atoms with Gasteiger partial charge in [0.1, 0.15) is 42.0 Å². The lowest BCUT2D eigenvalue weighted by Crippen LogP contribution is -2.44. The van der Waals surface area contributed by atoms with Gasteiger partial charge in [-0.1, -0.05) is 80.6 Å². The molecule has 0 N–H and O–H groups in total. The van der Waals surface area contributed by atoms with Crippen LogP contribution in [0.25, 0.3) is 0 Å². The maximum Gasteiger partial charge on any atom is 0.410 e. The largest absolute Gasteiger partial charge is 0.488 e. The van der Waals surface area contributed by atoms with Crippen molar-refractivity contribution in [2.45, 2.75) is 72.4 Å². The highest BCUT2D eigenvalue weighted by Gasteiger charge is 2.29. The zero-order chi connectivity index (χ0) is 36.1. The highest BCUT2D eigenvalue weighted by molar-refractivity contribution is 5.90. The van der Waals surface area contributed by atoms with Crippen LogP contribution >= 0.6 is 0 Å². The summed E-state index contributed by atoms with van der Waals surface area (Å²) < 4.78 is 24.4. The predicted octanol–water partition coefficient (Wildman–Crippen LogP) is 8.40. The van der Waals surface area contributed by atoms with Crippen LogP contribution in [0.1, 0.15) is 58.6 Å². The minimum Gasteiger partial charge on any atom is -0.488 e. The van der Waals surface area contributed by atoms with Crippen LogP contribution in [0.3, 0.4) is 0 Å². The number of anilines is 3. The van der Waals surface area contributed by atoms with E-state index in [9.17, 15) is 9.59 Å². The molecule has 0 radical (unpaired) electrons. The summed E-state index contributed by atoms with van der Waals surface area (Å²) in [6, 6.07) is 29.2. The quantitative estimate of drug-likeness (QED) is 0.138. The fraction of sp³-hybridized carbons (Fsp3) is 0.375. The van der Waals surface area contributed by atoms with E-state index in [1.165, 1.54) is 4.90 Å². The van der Waals surface area contributed by atoms with Gasteiger partial charge < -0.3 is 33.6 Å². The third-order valence-corrected chi connectivity index (χ3v) is 7.86. The molecule has 5 rings (SSSR count). The van der Waals surface area contributed by atoms with Crippen LogP contribution in [0, 0.1) is 0 Å². The Morgan fingerprint density at radius 2 is 1.42 bits per heavy atom. The van der Waals surface area contributed by atoms with Gasteiger partial charge >= 0.3 is 6.09 Å². The second-order valence-electron chi connectivity index (χ2n) is 12.7. The van der Waals surface area contributed by atoms with Gasteiger partial charge in [-0.2, -0.15) is 4.98 Å². The molecule has 2 amide bonds. The Morgan fingerprint density at radius 3 is 2.00 bits per heavy atom. The number of piperidine rings is 1. The molecular formula is C40H50N4O6. The van der Waals surface area contributed by atoms with E-state index in [-0.39, 0.29) is 12.2 Å². The van der Waals surface area contributed by atoms with Crippen LogP contribution < -0.4 is 24.0 Å². The first-order chi connectivity index (χ1) is 24.1. The summed E-state index contributed by atoms with van der Waals surface area (Å²) in [4.78, 5) is 34.7. The number of benzene rings is 3. The van der Waals surface area contributed by atoms with Gasteiger partial charge in [0.25, 0.3) is 0 Å². The molecule has 1 fully saturated rings. The number of carbonyl (C=O) groups is 2. The van der Waals surface area contributed by atoms with E-state index in [2.05, 4.69) is 0 Å². The van der Waals surface area contributed by atoms with Crippen LogP contribution in [0.2, 0.25) is 0 Å². The number of carbonyl (C=O) groups excluding carboxylic acids is 2. The third kappa shape index (κ3) is 10.4. The van der Waals surface area contributed by atoms with E-state index in [1.54, 1.807) is 11.9 Å². The van der Waals surface area contributed by atoms with Crippen molar-refractivity contribution in [1.29, 1.82) is 0 Å². The lowest BCUT2D eigenvalue weighted by molar-refractivity contribution is -0.107. The van der Waals surface area contributed by atoms with E-state index in [1.807, 2.05) is 138 Å². The van der Waals surface area contributed by atoms with Gasteiger partial charge in [-0.25, -0.2) is 4.79 Å². The topological polar surface area (TPSA) is 93.7 Å². The average molecular weight is 683 g/mol. The summed E-state index contributed by atoms with van der Waals surface area (Å²) in [5, 5.41) is 0. The molecular weight excluding hydrogens is 632 g/mol. The lowest BCUT2D eigenvalue weighted by atomic mass is 10.1. The number of nitrogens with zero attached hydrogens (tertiary/aromatic N) is 4. The summed E-state index contributed by atoms with van der Waals surface area (Å²) in [6.45, 7) is 11.3. The molecule has 0 saturated carbocycles. The summed E-state index contributed by atoms with van der Waals surface area (Å²) in [7, 11) is 3.60. The van der Waals surface area contributed by atoms with E-state index in [4.69, 9.17) is 23.9 Å². The second-order valence-corrected chi connectivity index (χ2v) is 12.7. The van der Waals surface area contributed by atoms with E-state index >= 15 is 0 Å². The van der Waals surface area contributed by atoms with Crippen molar-refractivity contribution in [1.82, 2.24) is 9.88 Å². The minimum absolute atomic E-state index is 0.143. The minimum atomic E-state index is -0.553. The molecule has 0 bridgehead atoms. The maximum absolute atomic E-state index is 12.6. The molecule has 0 aliphatic carbocycles. The summed E-state index contributed by atoms with van der Waals surface area (Å²) in [5.74, 6) is 1.37. The maximum atomic E-state index is 12.6. The van der Waals surface area contributed by atoms with Gasteiger partial charge in [0.05, 0.1) is 5.69 Å². The van der Waals surface area contributed by atoms with Crippen molar-refractivity contribution in [3.63, 3.8) is 0 Å². The molecule has 1 aromatic heterocycles. The average Bonchev–Trinajstić information content (AvgIpc) is 3.13. The first-order valence-corrected chi connectivity index (χ1v) is 17.1. The fourth-order valence-electron chi connectivity index (χ4n) is 5.39. The number of hydrogen-bond donors (Lipinski definition) is 0. The van der Waals surface area contributed by atoms with Gasteiger partial charge in [-0.05, 0) is 50.1 Å². The Labute approximate surface area is 296 Å². The smallest absolute Gasteiger partial charge is 0.410 e. The van der Waals surface area contributed by atoms with Gasteiger partial charge in [-0.3, -0.25) is 4.79 Å². The van der Waals surface area contributed by atoms with Gasteiger partial charge in [0.15, 0.2) is 0 Å². The Morgan fingerprint density at radius 1 is 0.820 bits per heavy atom. The number of pyridine rings is 1. The Kier molecular flexibility index (Phi) is 13.5.